The molecule has 4 nitrogen and oxygen atoms in total. The molecule has 2 heterocycles. The van der Waals surface area contributed by atoms with Gasteiger partial charge in [-0.3, -0.25) is 0 Å². The standard InChI is InChI=1S/C16H23N3O/c1-20-11-5-10-19-15-8-3-2-7-14(15)18-16(19)13-6-4-9-17-12-13/h2-3,7-8,13,17H,4-6,9-12H2,1H3. The predicted octanol–water partition coefficient (Wildman–Crippen LogP) is 2.54. The van der Waals surface area contributed by atoms with Gasteiger partial charge in [0, 0.05) is 32.7 Å². The molecule has 1 aliphatic heterocycles. The average Bonchev–Trinajstić information content (AvgIpc) is 2.87. The van der Waals surface area contributed by atoms with Crippen molar-refractivity contribution in [2.75, 3.05) is 26.8 Å². The molecule has 1 aliphatic rings. The number of hydrogen-bond acceptors (Lipinski definition) is 3. The summed E-state index contributed by atoms with van der Waals surface area (Å²) in [5.74, 6) is 1.79. The highest BCUT2D eigenvalue weighted by Gasteiger charge is 2.21. The molecule has 1 fully saturated rings. The number of fused-ring (bicyclic) bond motifs is 1. The molecule has 4 heteroatoms. The van der Waals surface area contributed by atoms with Crippen molar-refractivity contribution in [1.82, 2.24) is 14.9 Å². The highest BCUT2D eigenvalue weighted by molar-refractivity contribution is 5.76. The van der Waals surface area contributed by atoms with Crippen LogP contribution in [-0.2, 0) is 11.3 Å². The van der Waals surface area contributed by atoms with Gasteiger partial charge in [-0.2, -0.15) is 0 Å². The Morgan fingerprint density at radius 3 is 3.10 bits per heavy atom. The van der Waals surface area contributed by atoms with Crippen molar-refractivity contribution in [1.29, 1.82) is 0 Å². The normalized spacial score (nSPS) is 19.6. The second kappa shape index (κ2) is 6.37. The summed E-state index contributed by atoms with van der Waals surface area (Å²) in [6, 6.07) is 8.45. The fraction of sp³-hybridized carbons (Fsp3) is 0.562. The number of benzene rings is 1. The van der Waals surface area contributed by atoms with Gasteiger partial charge in [0.05, 0.1) is 11.0 Å². The molecule has 1 unspecified atom stereocenters. The van der Waals surface area contributed by atoms with E-state index in [0.29, 0.717) is 5.92 Å². The summed E-state index contributed by atoms with van der Waals surface area (Å²) in [6.07, 6.45) is 3.51. The highest BCUT2D eigenvalue weighted by Crippen LogP contribution is 2.26. The second-order valence-corrected chi connectivity index (χ2v) is 5.50. The van der Waals surface area contributed by atoms with Gasteiger partial charge in [-0.25, -0.2) is 4.98 Å². The third-order valence-electron chi connectivity index (χ3n) is 4.08. The van der Waals surface area contributed by atoms with Crippen LogP contribution in [0, 0.1) is 0 Å². The largest absolute Gasteiger partial charge is 0.385 e. The monoisotopic (exact) mass is 273 g/mol. The first kappa shape index (κ1) is 13.6. The minimum absolute atomic E-state index is 0.540. The summed E-state index contributed by atoms with van der Waals surface area (Å²) >= 11 is 0. The van der Waals surface area contributed by atoms with Crippen LogP contribution in [0.3, 0.4) is 0 Å². The van der Waals surface area contributed by atoms with Crippen LogP contribution in [-0.4, -0.2) is 36.4 Å². The summed E-state index contributed by atoms with van der Waals surface area (Å²) < 4.78 is 7.59. The zero-order valence-corrected chi connectivity index (χ0v) is 12.1. The minimum Gasteiger partial charge on any atom is -0.385 e. The van der Waals surface area contributed by atoms with Gasteiger partial charge in [0.15, 0.2) is 0 Å². The quantitative estimate of drug-likeness (QED) is 0.851. The maximum absolute atomic E-state index is 5.19. The fourth-order valence-corrected chi connectivity index (χ4v) is 3.08. The van der Waals surface area contributed by atoms with Crippen molar-refractivity contribution in [2.24, 2.45) is 0 Å². The maximum atomic E-state index is 5.19. The first-order chi connectivity index (χ1) is 9.90. The Bertz CT molecular complexity index is 558. The van der Waals surface area contributed by atoms with Gasteiger partial charge in [-0.15, -0.1) is 0 Å². The molecule has 1 saturated heterocycles. The van der Waals surface area contributed by atoms with Crippen LogP contribution in [0.4, 0.5) is 0 Å². The van der Waals surface area contributed by atoms with E-state index in [1.54, 1.807) is 7.11 Å². The molecule has 2 aromatic rings. The molecule has 0 radical (unpaired) electrons. The Hall–Kier alpha value is -1.39. The van der Waals surface area contributed by atoms with Crippen molar-refractivity contribution in [3.05, 3.63) is 30.1 Å². The van der Waals surface area contributed by atoms with Gasteiger partial charge in [0.1, 0.15) is 5.82 Å². The van der Waals surface area contributed by atoms with Crippen molar-refractivity contribution >= 4 is 11.0 Å². The van der Waals surface area contributed by atoms with Crippen LogP contribution in [0.25, 0.3) is 11.0 Å². The van der Waals surface area contributed by atoms with Gasteiger partial charge >= 0.3 is 0 Å². The van der Waals surface area contributed by atoms with E-state index >= 15 is 0 Å². The highest BCUT2D eigenvalue weighted by atomic mass is 16.5. The predicted molar refractivity (Wildman–Crippen MR) is 81.1 cm³/mol. The number of nitrogens with one attached hydrogen (secondary N) is 1. The van der Waals surface area contributed by atoms with Crippen LogP contribution in [0.2, 0.25) is 0 Å². The number of imidazole rings is 1. The van der Waals surface area contributed by atoms with E-state index < -0.39 is 0 Å². The summed E-state index contributed by atoms with van der Waals surface area (Å²) in [4.78, 5) is 4.90. The summed E-state index contributed by atoms with van der Waals surface area (Å²) in [5, 5.41) is 3.49. The molecule has 0 spiro atoms. The zero-order chi connectivity index (χ0) is 13.8. The maximum Gasteiger partial charge on any atom is 0.114 e. The third-order valence-corrected chi connectivity index (χ3v) is 4.08. The molecule has 0 bridgehead atoms. The molecular weight excluding hydrogens is 250 g/mol. The third kappa shape index (κ3) is 2.72. The molecule has 0 amide bonds. The lowest BCUT2D eigenvalue weighted by molar-refractivity contribution is 0.190. The fourth-order valence-electron chi connectivity index (χ4n) is 3.08. The lowest BCUT2D eigenvalue weighted by Crippen LogP contribution is -2.30. The summed E-state index contributed by atoms with van der Waals surface area (Å²) in [5.41, 5.74) is 2.37. The molecule has 1 N–H and O–H groups in total. The van der Waals surface area contributed by atoms with E-state index in [-0.39, 0.29) is 0 Å². The summed E-state index contributed by atoms with van der Waals surface area (Å²) in [7, 11) is 1.76. The van der Waals surface area contributed by atoms with Gasteiger partial charge < -0.3 is 14.6 Å². The second-order valence-electron chi connectivity index (χ2n) is 5.50. The van der Waals surface area contributed by atoms with E-state index in [1.165, 1.54) is 24.2 Å². The number of ether oxygens (including phenoxy) is 1. The first-order valence-corrected chi connectivity index (χ1v) is 7.55. The van der Waals surface area contributed by atoms with E-state index in [4.69, 9.17) is 9.72 Å². The van der Waals surface area contributed by atoms with Gasteiger partial charge in [-0.05, 0) is 37.9 Å². The van der Waals surface area contributed by atoms with E-state index in [2.05, 4.69) is 34.1 Å². The van der Waals surface area contributed by atoms with Crippen molar-refractivity contribution in [3.8, 4) is 0 Å². The van der Waals surface area contributed by atoms with E-state index in [1.807, 2.05) is 0 Å². The number of aryl methyl sites for hydroxylation is 1. The molecule has 1 aromatic heterocycles. The zero-order valence-electron chi connectivity index (χ0n) is 12.1. The first-order valence-electron chi connectivity index (χ1n) is 7.55. The molecule has 3 rings (SSSR count). The molecule has 20 heavy (non-hydrogen) atoms. The number of hydrogen-bond donors (Lipinski definition) is 1. The molecule has 1 aromatic carbocycles. The lowest BCUT2D eigenvalue weighted by Gasteiger charge is -2.23. The number of piperidine rings is 1. The van der Waals surface area contributed by atoms with Gasteiger partial charge in [0.2, 0.25) is 0 Å². The summed E-state index contributed by atoms with van der Waals surface area (Å²) in [6.45, 7) is 3.98. The Labute approximate surface area is 120 Å². The minimum atomic E-state index is 0.540. The van der Waals surface area contributed by atoms with Crippen LogP contribution < -0.4 is 5.32 Å². The Morgan fingerprint density at radius 1 is 1.40 bits per heavy atom. The SMILES string of the molecule is COCCCn1c(C2CCCNC2)nc2ccccc21. The van der Waals surface area contributed by atoms with E-state index in [9.17, 15) is 0 Å². The molecule has 0 saturated carbocycles. The Morgan fingerprint density at radius 2 is 2.30 bits per heavy atom. The molecule has 108 valence electrons. The smallest absolute Gasteiger partial charge is 0.114 e. The van der Waals surface area contributed by atoms with Crippen LogP contribution in [0.5, 0.6) is 0 Å². The lowest BCUT2D eigenvalue weighted by atomic mass is 9.99. The number of methoxy groups -OCH3 is 1. The number of aromatic nitrogens is 2. The van der Waals surface area contributed by atoms with Gasteiger partial charge in [-0.1, -0.05) is 12.1 Å². The van der Waals surface area contributed by atoms with Crippen LogP contribution >= 0.6 is 0 Å². The number of para-hydroxylation sites is 2. The molecule has 1 atom stereocenters. The van der Waals surface area contributed by atoms with Crippen molar-refractivity contribution < 1.29 is 4.74 Å². The van der Waals surface area contributed by atoms with Gasteiger partial charge in [0.25, 0.3) is 0 Å². The number of nitrogens with zero attached hydrogens (tertiary/aromatic N) is 2. The topological polar surface area (TPSA) is 39.1 Å². The van der Waals surface area contributed by atoms with Crippen LogP contribution in [0.15, 0.2) is 24.3 Å². The Balaban J connectivity index is 1.93. The number of rotatable bonds is 5. The van der Waals surface area contributed by atoms with Crippen molar-refractivity contribution in [2.45, 2.75) is 31.7 Å². The average molecular weight is 273 g/mol. The van der Waals surface area contributed by atoms with E-state index in [0.717, 1.165) is 38.2 Å². The van der Waals surface area contributed by atoms with Crippen LogP contribution in [0.1, 0.15) is 31.0 Å². The van der Waals surface area contributed by atoms with Crippen molar-refractivity contribution in [3.63, 3.8) is 0 Å². The molecular formula is C16H23N3O. The molecule has 0 aliphatic carbocycles. The Kier molecular flexibility index (Phi) is 4.33.